The zero-order chi connectivity index (χ0) is 22.5. The molecule has 32 heavy (non-hydrogen) atoms. The van der Waals surface area contributed by atoms with E-state index in [1.54, 1.807) is 48.5 Å². The van der Waals surface area contributed by atoms with E-state index in [0.29, 0.717) is 29.2 Å². The van der Waals surface area contributed by atoms with Gasteiger partial charge in [0.2, 0.25) is 5.91 Å². The van der Waals surface area contributed by atoms with Crippen molar-refractivity contribution in [2.75, 3.05) is 6.54 Å². The normalized spacial score (nSPS) is 10.8. The van der Waals surface area contributed by atoms with Crippen LogP contribution in [-0.2, 0) is 6.54 Å². The van der Waals surface area contributed by atoms with Crippen molar-refractivity contribution < 1.29 is 14.3 Å². The SMILES string of the molecule is Cc1nc2ccccc2n1CCCNC(=O)c1ccc(Oc2ccc(C(N)=O)cc2)cc1. The predicted octanol–water partition coefficient (Wildman–Crippen LogP) is 4.06. The molecule has 1 heterocycles. The Labute approximate surface area is 185 Å². The van der Waals surface area contributed by atoms with Crippen LogP contribution < -0.4 is 15.8 Å². The molecule has 0 aliphatic rings. The van der Waals surface area contributed by atoms with Gasteiger partial charge in [-0.15, -0.1) is 0 Å². The lowest BCUT2D eigenvalue weighted by Crippen LogP contribution is -2.25. The second-order valence-electron chi connectivity index (χ2n) is 7.42. The highest BCUT2D eigenvalue weighted by Gasteiger charge is 2.08. The minimum absolute atomic E-state index is 0.130. The molecule has 3 N–H and O–H groups in total. The summed E-state index contributed by atoms with van der Waals surface area (Å²) >= 11 is 0. The molecular weight excluding hydrogens is 404 g/mol. The Morgan fingerprint density at radius 3 is 2.22 bits per heavy atom. The summed E-state index contributed by atoms with van der Waals surface area (Å²) in [7, 11) is 0. The lowest BCUT2D eigenvalue weighted by Gasteiger charge is -2.09. The highest BCUT2D eigenvalue weighted by Crippen LogP contribution is 2.22. The number of carbonyl (C=O) groups is 2. The Kier molecular flexibility index (Phi) is 6.17. The molecule has 162 valence electrons. The molecule has 0 bridgehead atoms. The van der Waals surface area contributed by atoms with E-state index < -0.39 is 5.91 Å². The van der Waals surface area contributed by atoms with Gasteiger partial charge in [-0.3, -0.25) is 9.59 Å². The zero-order valence-electron chi connectivity index (χ0n) is 17.7. The molecule has 7 heteroatoms. The lowest BCUT2D eigenvalue weighted by atomic mass is 10.2. The highest BCUT2D eigenvalue weighted by molar-refractivity contribution is 5.94. The lowest BCUT2D eigenvalue weighted by molar-refractivity contribution is 0.0951. The van der Waals surface area contributed by atoms with Gasteiger partial charge in [0.1, 0.15) is 17.3 Å². The summed E-state index contributed by atoms with van der Waals surface area (Å²) in [6, 6.07) is 21.5. The minimum Gasteiger partial charge on any atom is -0.457 e. The van der Waals surface area contributed by atoms with Gasteiger partial charge in [0.15, 0.2) is 0 Å². The Morgan fingerprint density at radius 1 is 0.938 bits per heavy atom. The Bertz CT molecular complexity index is 1240. The molecule has 7 nitrogen and oxygen atoms in total. The Morgan fingerprint density at radius 2 is 1.56 bits per heavy atom. The van der Waals surface area contributed by atoms with Crippen molar-refractivity contribution in [2.45, 2.75) is 19.9 Å². The molecule has 0 radical (unpaired) electrons. The maximum absolute atomic E-state index is 12.4. The molecule has 0 atom stereocenters. The highest BCUT2D eigenvalue weighted by atomic mass is 16.5. The van der Waals surface area contributed by atoms with Crippen LogP contribution in [0.15, 0.2) is 72.8 Å². The third-order valence-corrected chi connectivity index (χ3v) is 5.18. The first-order chi connectivity index (χ1) is 15.5. The molecule has 0 aliphatic heterocycles. The first kappa shape index (κ1) is 21.1. The summed E-state index contributed by atoms with van der Waals surface area (Å²) in [6.45, 7) is 3.34. The zero-order valence-corrected chi connectivity index (χ0v) is 17.7. The Hall–Kier alpha value is -4.13. The quantitative estimate of drug-likeness (QED) is 0.414. The summed E-state index contributed by atoms with van der Waals surface area (Å²) in [5.41, 5.74) is 8.31. The maximum atomic E-state index is 12.4. The molecule has 0 saturated carbocycles. The van der Waals surface area contributed by atoms with Gasteiger partial charge in [0.05, 0.1) is 11.0 Å². The van der Waals surface area contributed by atoms with Crippen LogP contribution in [-0.4, -0.2) is 27.9 Å². The van der Waals surface area contributed by atoms with Gasteiger partial charge in [0, 0.05) is 24.2 Å². The molecule has 4 rings (SSSR count). The largest absolute Gasteiger partial charge is 0.457 e. The van der Waals surface area contributed by atoms with Crippen molar-refractivity contribution in [3.63, 3.8) is 0 Å². The third-order valence-electron chi connectivity index (χ3n) is 5.18. The monoisotopic (exact) mass is 428 g/mol. The molecule has 0 saturated heterocycles. The topological polar surface area (TPSA) is 99.2 Å². The van der Waals surface area contributed by atoms with Crippen molar-refractivity contribution in [1.82, 2.24) is 14.9 Å². The number of fused-ring (bicyclic) bond motifs is 1. The smallest absolute Gasteiger partial charge is 0.251 e. The number of para-hydroxylation sites is 2. The summed E-state index contributed by atoms with van der Waals surface area (Å²) in [5, 5.41) is 2.96. The van der Waals surface area contributed by atoms with Crippen LogP contribution in [0.5, 0.6) is 11.5 Å². The number of primary amides is 1. The number of hydrogen-bond donors (Lipinski definition) is 2. The van der Waals surface area contributed by atoms with Crippen LogP contribution >= 0.6 is 0 Å². The van der Waals surface area contributed by atoms with E-state index in [9.17, 15) is 9.59 Å². The predicted molar refractivity (Wildman–Crippen MR) is 123 cm³/mol. The van der Waals surface area contributed by atoms with Crippen molar-refractivity contribution >= 4 is 22.8 Å². The van der Waals surface area contributed by atoms with E-state index in [1.807, 2.05) is 25.1 Å². The van der Waals surface area contributed by atoms with Gasteiger partial charge in [0.25, 0.3) is 5.91 Å². The van der Waals surface area contributed by atoms with Crippen LogP contribution in [0.25, 0.3) is 11.0 Å². The number of nitrogens with two attached hydrogens (primary N) is 1. The van der Waals surface area contributed by atoms with Gasteiger partial charge in [-0.1, -0.05) is 12.1 Å². The second-order valence-corrected chi connectivity index (χ2v) is 7.42. The molecule has 3 aromatic carbocycles. The van der Waals surface area contributed by atoms with E-state index in [2.05, 4.69) is 20.9 Å². The van der Waals surface area contributed by atoms with E-state index >= 15 is 0 Å². The molecule has 2 amide bonds. The molecule has 4 aromatic rings. The fourth-order valence-electron chi connectivity index (χ4n) is 3.52. The summed E-state index contributed by atoms with van der Waals surface area (Å²) < 4.78 is 7.91. The number of ether oxygens (including phenoxy) is 1. The van der Waals surface area contributed by atoms with Gasteiger partial charge in [-0.25, -0.2) is 4.98 Å². The number of hydrogen-bond acceptors (Lipinski definition) is 4. The fourth-order valence-corrected chi connectivity index (χ4v) is 3.52. The number of nitrogens with one attached hydrogen (secondary N) is 1. The first-order valence-corrected chi connectivity index (χ1v) is 10.4. The fraction of sp³-hybridized carbons (Fsp3) is 0.160. The average molecular weight is 428 g/mol. The van der Waals surface area contributed by atoms with Crippen LogP contribution in [0.1, 0.15) is 33.0 Å². The number of carbonyl (C=O) groups excluding carboxylic acids is 2. The molecule has 0 spiro atoms. The van der Waals surface area contributed by atoms with E-state index in [1.165, 1.54) is 0 Å². The Balaban J connectivity index is 1.28. The van der Waals surface area contributed by atoms with Crippen LogP contribution in [0, 0.1) is 6.92 Å². The number of rotatable bonds is 8. The van der Waals surface area contributed by atoms with E-state index in [0.717, 1.165) is 29.8 Å². The third kappa shape index (κ3) is 4.78. The average Bonchev–Trinajstić information content (AvgIpc) is 3.12. The van der Waals surface area contributed by atoms with Gasteiger partial charge < -0.3 is 20.4 Å². The summed E-state index contributed by atoms with van der Waals surface area (Å²) in [4.78, 5) is 28.1. The number of imidazole rings is 1. The number of aryl methyl sites for hydroxylation is 2. The van der Waals surface area contributed by atoms with Crippen molar-refractivity contribution in [3.05, 3.63) is 89.7 Å². The standard InChI is InChI=1S/C25H24N4O3/c1-17-28-22-5-2-3-6-23(22)29(17)16-4-15-27-25(31)19-9-13-21(14-10-19)32-20-11-7-18(8-12-20)24(26)30/h2-3,5-14H,4,15-16H2,1H3,(H2,26,30)(H,27,31). The molecule has 0 fully saturated rings. The minimum atomic E-state index is -0.486. The number of aromatic nitrogens is 2. The van der Waals surface area contributed by atoms with Crippen LogP contribution in [0.3, 0.4) is 0 Å². The molecule has 0 aliphatic carbocycles. The van der Waals surface area contributed by atoms with Gasteiger partial charge in [-0.05, 0) is 74.0 Å². The van der Waals surface area contributed by atoms with Gasteiger partial charge >= 0.3 is 0 Å². The van der Waals surface area contributed by atoms with Crippen molar-refractivity contribution in [3.8, 4) is 11.5 Å². The van der Waals surface area contributed by atoms with Crippen molar-refractivity contribution in [2.24, 2.45) is 5.73 Å². The summed E-state index contributed by atoms with van der Waals surface area (Å²) in [5.74, 6) is 1.53. The number of nitrogens with zero attached hydrogens (tertiary/aromatic N) is 2. The summed E-state index contributed by atoms with van der Waals surface area (Å²) in [6.07, 6.45) is 0.801. The first-order valence-electron chi connectivity index (χ1n) is 10.4. The number of benzene rings is 3. The van der Waals surface area contributed by atoms with Crippen LogP contribution in [0.4, 0.5) is 0 Å². The molecule has 0 unspecified atom stereocenters. The van der Waals surface area contributed by atoms with E-state index in [4.69, 9.17) is 10.5 Å². The molecular formula is C25H24N4O3. The van der Waals surface area contributed by atoms with Crippen molar-refractivity contribution in [1.29, 1.82) is 0 Å². The maximum Gasteiger partial charge on any atom is 0.251 e. The van der Waals surface area contributed by atoms with Gasteiger partial charge in [-0.2, -0.15) is 0 Å². The molecule has 1 aromatic heterocycles. The number of amides is 2. The van der Waals surface area contributed by atoms with Crippen LogP contribution in [0.2, 0.25) is 0 Å². The van der Waals surface area contributed by atoms with E-state index in [-0.39, 0.29) is 5.91 Å². The second kappa shape index (κ2) is 9.34.